The smallest absolute Gasteiger partial charge is 0.142 e. The third-order valence-corrected chi connectivity index (χ3v) is 4.82. The molecule has 0 aliphatic rings. The number of halogens is 2. The number of aryl methyl sites for hydroxylation is 2. The molecule has 1 N–H and O–H groups in total. The second-order valence-electron chi connectivity index (χ2n) is 4.65. The van der Waals surface area contributed by atoms with Crippen LogP contribution in [0.5, 0.6) is 0 Å². The lowest BCUT2D eigenvalue weighted by Gasteiger charge is -2.09. The van der Waals surface area contributed by atoms with Crippen LogP contribution in [0.25, 0.3) is 10.2 Å². The minimum atomic E-state index is 0.606. The van der Waals surface area contributed by atoms with Crippen molar-refractivity contribution in [3.05, 3.63) is 45.0 Å². The second-order valence-corrected chi connectivity index (χ2v) is 6.61. The third kappa shape index (κ3) is 2.98. The number of benzene rings is 1. The van der Waals surface area contributed by atoms with E-state index in [-0.39, 0.29) is 0 Å². The van der Waals surface area contributed by atoms with Crippen LogP contribution in [0.15, 0.2) is 24.3 Å². The van der Waals surface area contributed by atoms with Gasteiger partial charge in [0.05, 0.1) is 16.1 Å². The maximum atomic E-state index is 6.21. The number of fused-ring (bicyclic) bond motifs is 1. The van der Waals surface area contributed by atoms with E-state index in [1.165, 1.54) is 4.88 Å². The van der Waals surface area contributed by atoms with Crippen LogP contribution in [0, 0.1) is 6.92 Å². The fourth-order valence-corrected chi connectivity index (χ4v) is 3.42. The monoisotopic (exact) mass is 337 g/mol. The molecule has 21 heavy (non-hydrogen) atoms. The summed E-state index contributed by atoms with van der Waals surface area (Å²) in [4.78, 5) is 11.3. The Labute approximate surface area is 137 Å². The molecule has 108 valence electrons. The quantitative estimate of drug-likeness (QED) is 0.674. The number of rotatable bonds is 3. The minimum Gasteiger partial charge on any atom is -0.338 e. The van der Waals surface area contributed by atoms with Gasteiger partial charge in [-0.2, -0.15) is 0 Å². The number of nitrogens with zero attached hydrogens (tertiary/aromatic N) is 2. The normalized spacial score (nSPS) is 11.0. The SMILES string of the molecule is CCc1cc2c(Nc3cc(Cl)ccc3Cl)nc(C)nc2s1. The Morgan fingerprint density at radius 2 is 2.00 bits per heavy atom. The van der Waals surface area contributed by atoms with E-state index in [9.17, 15) is 0 Å². The van der Waals surface area contributed by atoms with Gasteiger partial charge in [0.25, 0.3) is 0 Å². The molecule has 0 spiro atoms. The van der Waals surface area contributed by atoms with Crippen molar-refractivity contribution in [3.63, 3.8) is 0 Å². The Balaban J connectivity index is 2.11. The summed E-state index contributed by atoms with van der Waals surface area (Å²) in [5.74, 6) is 1.49. The van der Waals surface area contributed by atoms with Crippen molar-refractivity contribution in [2.75, 3.05) is 5.32 Å². The molecule has 0 radical (unpaired) electrons. The van der Waals surface area contributed by atoms with Crippen LogP contribution in [0.2, 0.25) is 10.0 Å². The molecule has 0 atom stereocenters. The molecule has 2 heterocycles. The van der Waals surface area contributed by atoms with Crippen LogP contribution < -0.4 is 5.32 Å². The first-order valence-electron chi connectivity index (χ1n) is 6.56. The van der Waals surface area contributed by atoms with Crippen LogP contribution in [0.4, 0.5) is 11.5 Å². The van der Waals surface area contributed by atoms with E-state index >= 15 is 0 Å². The van der Waals surface area contributed by atoms with Gasteiger partial charge in [0, 0.05) is 9.90 Å². The molecule has 3 rings (SSSR count). The number of hydrogen-bond acceptors (Lipinski definition) is 4. The van der Waals surface area contributed by atoms with Crippen molar-refractivity contribution < 1.29 is 0 Å². The topological polar surface area (TPSA) is 37.8 Å². The second kappa shape index (κ2) is 5.79. The van der Waals surface area contributed by atoms with Crippen LogP contribution in [-0.4, -0.2) is 9.97 Å². The highest BCUT2D eigenvalue weighted by atomic mass is 35.5. The molecule has 0 saturated carbocycles. The van der Waals surface area contributed by atoms with Crippen LogP contribution >= 0.6 is 34.5 Å². The predicted octanol–water partition coefficient (Wildman–Crippen LogP) is 5.61. The van der Waals surface area contributed by atoms with Gasteiger partial charge in [-0.1, -0.05) is 30.1 Å². The Morgan fingerprint density at radius 1 is 1.19 bits per heavy atom. The van der Waals surface area contributed by atoms with Gasteiger partial charge in [-0.05, 0) is 37.6 Å². The van der Waals surface area contributed by atoms with Gasteiger partial charge in [-0.3, -0.25) is 0 Å². The fourth-order valence-electron chi connectivity index (χ4n) is 2.07. The zero-order valence-corrected chi connectivity index (χ0v) is 13.9. The summed E-state index contributed by atoms with van der Waals surface area (Å²) in [7, 11) is 0. The summed E-state index contributed by atoms with van der Waals surface area (Å²) in [6.07, 6.45) is 0.984. The summed E-state index contributed by atoms with van der Waals surface area (Å²) < 4.78 is 0. The largest absolute Gasteiger partial charge is 0.338 e. The Hall–Kier alpha value is -1.36. The van der Waals surface area contributed by atoms with Crippen LogP contribution in [0.1, 0.15) is 17.6 Å². The molecule has 0 bridgehead atoms. The molecule has 0 amide bonds. The Bertz CT molecular complexity index is 814. The van der Waals surface area contributed by atoms with Gasteiger partial charge < -0.3 is 5.32 Å². The first-order valence-corrected chi connectivity index (χ1v) is 8.13. The zero-order valence-electron chi connectivity index (χ0n) is 11.6. The summed E-state index contributed by atoms with van der Waals surface area (Å²) in [5, 5.41) is 5.52. The fraction of sp³-hybridized carbons (Fsp3) is 0.200. The highest BCUT2D eigenvalue weighted by Crippen LogP contribution is 2.33. The lowest BCUT2D eigenvalue weighted by molar-refractivity contribution is 1.10. The average molecular weight is 338 g/mol. The number of anilines is 2. The van der Waals surface area contributed by atoms with Gasteiger partial charge in [-0.25, -0.2) is 9.97 Å². The number of nitrogens with one attached hydrogen (secondary N) is 1. The number of aromatic nitrogens is 2. The molecule has 0 unspecified atom stereocenters. The molecule has 0 saturated heterocycles. The first-order chi connectivity index (χ1) is 10.1. The number of hydrogen-bond donors (Lipinski definition) is 1. The molecule has 6 heteroatoms. The van der Waals surface area contributed by atoms with Gasteiger partial charge >= 0.3 is 0 Å². The maximum Gasteiger partial charge on any atom is 0.142 e. The maximum absolute atomic E-state index is 6.21. The van der Waals surface area contributed by atoms with E-state index in [1.54, 1.807) is 29.5 Å². The van der Waals surface area contributed by atoms with Gasteiger partial charge in [-0.15, -0.1) is 11.3 Å². The summed E-state index contributed by atoms with van der Waals surface area (Å²) in [5.41, 5.74) is 0.743. The van der Waals surface area contributed by atoms with E-state index in [0.717, 1.165) is 34.0 Å². The summed E-state index contributed by atoms with van der Waals surface area (Å²) >= 11 is 13.9. The molecule has 0 aliphatic carbocycles. The molecular formula is C15H13Cl2N3S. The lowest BCUT2D eigenvalue weighted by atomic mass is 10.2. The van der Waals surface area contributed by atoms with Gasteiger partial charge in [0.1, 0.15) is 16.5 Å². The van der Waals surface area contributed by atoms with Gasteiger partial charge in [0.15, 0.2) is 0 Å². The van der Waals surface area contributed by atoms with Crippen molar-refractivity contribution in [1.29, 1.82) is 0 Å². The molecule has 0 aliphatic heterocycles. The third-order valence-electron chi connectivity index (χ3n) is 3.09. The van der Waals surface area contributed by atoms with Crippen molar-refractivity contribution in [3.8, 4) is 0 Å². The highest BCUT2D eigenvalue weighted by Gasteiger charge is 2.11. The Morgan fingerprint density at radius 3 is 2.76 bits per heavy atom. The van der Waals surface area contributed by atoms with E-state index in [1.807, 2.05) is 6.92 Å². The molecule has 0 fully saturated rings. The van der Waals surface area contributed by atoms with E-state index in [4.69, 9.17) is 23.2 Å². The molecule has 3 aromatic rings. The van der Waals surface area contributed by atoms with Crippen LogP contribution in [-0.2, 0) is 6.42 Å². The van der Waals surface area contributed by atoms with Crippen molar-refractivity contribution in [2.24, 2.45) is 0 Å². The minimum absolute atomic E-state index is 0.606. The van der Waals surface area contributed by atoms with Crippen molar-refractivity contribution in [1.82, 2.24) is 9.97 Å². The van der Waals surface area contributed by atoms with Crippen molar-refractivity contribution >= 4 is 56.3 Å². The average Bonchev–Trinajstić information content (AvgIpc) is 2.86. The van der Waals surface area contributed by atoms with Crippen molar-refractivity contribution in [2.45, 2.75) is 20.3 Å². The number of thiophene rings is 1. The molecule has 2 aromatic heterocycles. The van der Waals surface area contributed by atoms with E-state index < -0.39 is 0 Å². The Kier molecular flexibility index (Phi) is 4.02. The lowest BCUT2D eigenvalue weighted by Crippen LogP contribution is -1.98. The zero-order chi connectivity index (χ0) is 15.0. The molecular weight excluding hydrogens is 325 g/mol. The van der Waals surface area contributed by atoms with E-state index in [0.29, 0.717) is 10.0 Å². The first kappa shape index (κ1) is 14.6. The van der Waals surface area contributed by atoms with Crippen LogP contribution in [0.3, 0.4) is 0 Å². The highest BCUT2D eigenvalue weighted by molar-refractivity contribution is 7.18. The van der Waals surface area contributed by atoms with Gasteiger partial charge in [0.2, 0.25) is 0 Å². The van der Waals surface area contributed by atoms with E-state index in [2.05, 4.69) is 28.3 Å². The molecule has 1 aromatic carbocycles. The predicted molar refractivity (Wildman–Crippen MR) is 91.3 cm³/mol. The standard InChI is InChI=1S/C15H13Cl2N3S/c1-3-10-7-11-14(18-8(2)19-15(11)21-10)20-13-6-9(16)4-5-12(13)17/h4-7H,3H2,1-2H3,(H,18,19,20). The molecule has 3 nitrogen and oxygen atoms in total. The summed E-state index contributed by atoms with van der Waals surface area (Å²) in [6.45, 7) is 4.02. The summed E-state index contributed by atoms with van der Waals surface area (Å²) in [6, 6.07) is 7.44.